The van der Waals surface area contributed by atoms with Gasteiger partial charge in [-0.1, -0.05) is 86.3 Å². The van der Waals surface area contributed by atoms with Crippen LogP contribution in [-0.4, -0.2) is 9.55 Å². The van der Waals surface area contributed by atoms with Crippen molar-refractivity contribution < 1.29 is 0 Å². The van der Waals surface area contributed by atoms with Gasteiger partial charge in [0, 0.05) is 5.75 Å². The number of thioether (sulfide) groups is 1. The van der Waals surface area contributed by atoms with E-state index < -0.39 is 0 Å². The van der Waals surface area contributed by atoms with E-state index in [1.54, 1.807) is 16.3 Å². The van der Waals surface area contributed by atoms with E-state index in [2.05, 4.69) is 32.0 Å². The third-order valence-electron chi connectivity index (χ3n) is 4.76. The van der Waals surface area contributed by atoms with E-state index in [0.717, 1.165) is 27.7 Å². The van der Waals surface area contributed by atoms with E-state index in [1.165, 1.54) is 5.56 Å². The number of nitrogens with zero attached hydrogens (tertiary/aromatic N) is 2. The second-order valence-electron chi connectivity index (χ2n) is 7.04. The van der Waals surface area contributed by atoms with Crippen LogP contribution in [0.2, 0.25) is 0 Å². The van der Waals surface area contributed by atoms with E-state index in [0.29, 0.717) is 11.3 Å². The molecule has 4 aromatic rings. The summed E-state index contributed by atoms with van der Waals surface area (Å²) in [4.78, 5) is 18.3. The van der Waals surface area contributed by atoms with E-state index in [4.69, 9.17) is 4.98 Å². The summed E-state index contributed by atoms with van der Waals surface area (Å²) in [5.41, 5.74) is 3.98. The van der Waals surface area contributed by atoms with Crippen LogP contribution in [0.3, 0.4) is 0 Å². The van der Waals surface area contributed by atoms with Crippen LogP contribution in [0, 0.1) is 0 Å². The number of hydrogen-bond donors (Lipinski definition) is 0. The third-order valence-corrected chi connectivity index (χ3v) is 5.77. The molecule has 0 N–H and O–H groups in total. The van der Waals surface area contributed by atoms with E-state index in [1.807, 2.05) is 60.7 Å². The Kier molecular flexibility index (Phi) is 5.31. The molecule has 4 heteroatoms. The van der Waals surface area contributed by atoms with E-state index >= 15 is 0 Å². The molecule has 0 saturated carbocycles. The summed E-state index contributed by atoms with van der Waals surface area (Å²) in [5.74, 6) is 1.07. The van der Waals surface area contributed by atoms with Crippen LogP contribution in [-0.2, 0) is 5.75 Å². The molecule has 140 valence electrons. The van der Waals surface area contributed by atoms with Crippen LogP contribution in [0.15, 0.2) is 88.8 Å². The van der Waals surface area contributed by atoms with Gasteiger partial charge in [-0.15, -0.1) is 0 Å². The molecule has 0 bridgehead atoms. The number of para-hydroxylation sites is 2. The molecule has 0 amide bonds. The Bertz CT molecular complexity index is 1170. The van der Waals surface area contributed by atoms with Gasteiger partial charge >= 0.3 is 0 Å². The zero-order valence-corrected chi connectivity index (χ0v) is 16.8. The first kappa shape index (κ1) is 18.5. The quantitative estimate of drug-likeness (QED) is 0.321. The summed E-state index contributed by atoms with van der Waals surface area (Å²) in [6.07, 6.45) is 0. The zero-order chi connectivity index (χ0) is 19.5. The van der Waals surface area contributed by atoms with Crippen LogP contribution in [0.4, 0.5) is 0 Å². The Hall–Kier alpha value is -2.85. The molecule has 1 aromatic heterocycles. The van der Waals surface area contributed by atoms with Crippen LogP contribution >= 0.6 is 11.8 Å². The van der Waals surface area contributed by atoms with Crippen molar-refractivity contribution in [1.82, 2.24) is 9.55 Å². The van der Waals surface area contributed by atoms with Crippen molar-refractivity contribution in [1.29, 1.82) is 0 Å². The molecule has 0 fully saturated rings. The van der Waals surface area contributed by atoms with E-state index in [9.17, 15) is 4.79 Å². The molecule has 0 atom stereocenters. The summed E-state index contributed by atoms with van der Waals surface area (Å²) >= 11 is 1.60. The highest BCUT2D eigenvalue weighted by molar-refractivity contribution is 7.98. The van der Waals surface area contributed by atoms with Gasteiger partial charge in [0.05, 0.1) is 16.6 Å². The molecule has 0 aliphatic heterocycles. The lowest BCUT2D eigenvalue weighted by molar-refractivity contribution is 0.780. The average Bonchev–Trinajstić information content (AvgIpc) is 2.73. The van der Waals surface area contributed by atoms with Gasteiger partial charge in [0.15, 0.2) is 5.16 Å². The molecule has 28 heavy (non-hydrogen) atoms. The largest absolute Gasteiger partial charge is 0.268 e. The standard InChI is InChI=1S/C24H22N2OS/c1-17(2)19-12-7-9-15-22(19)26-23(27)20-13-6-8-14-21(20)25-24(26)28-16-18-10-4-3-5-11-18/h3-15,17H,16H2,1-2H3. The molecule has 0 unspecified atom stereocenters. The number of aromatic nitrogens is 2. The minimum atomic E-state index is -0.0192. The zero-order valence-electron chi connectivity index (χ0n) is 16.0. The van der Waals surface area contributed by atoms with Gasteiger partial charge in [0.1, 0.15) is 0 Å². The Balaban J connectivity index is 1.91. The highest BCUT2D eigenvalue weighted by Crippen LogP contribution is 2.28. The first-order valence-electron chi connectivity index (χ1n) is 9.43. The highest BCUT2D eigenvalue weighted by atomic mass is 32.2. The predicted molar refractivity (Wildman–Crippen MR) is 117 cm³/mol. The minimum Gasteiger partial charge on any atom is -0.268 e. The van der Waals surface area contributed by atoms with Crippen molar-refractivity contribution >= 4 is 22.7 Å². The molecule has 0 aliphatic rings. The lowest BCUT2D eigenvalue weighted by atomic mass is 10.0. The Morgan fingerprint density at radius 3 is 2.36 bits per heavy atom. The minimum absolute atomic E-state index is 0.0192. The first-order valence-corrected chi connectivity index (χ1v) is 10.4. The molecular formula is C24H22N2OS. The summed E-state index contributed by atoms with van der Waals surface area (Å²) in [6, 6.07) is 25.9. The average molecular weight is 387 g/mol. The Labute approximate surface area is 169 Å². The topological polar surface area (TPSA) is 34.9 Å². The fourth-order valence-electron chi connectivity index (χ4n) is 3.32. The Morgan fingerprint density at radius 2 is 1.57 bits per heavy atom. The summed E-state index contributed by atoms with van der Waals surface area (Å²) in [5, 5.41) is 1.37. The van der Waals surface area contributed by atoms with Crippen molar-refractivity contribution in [2.45, 2.75) is 30.7 Å². The number of benzene rings is 3. The van der Waals surface area contributed by atoms with Crippen LogP contribution in [0.1, 0.15) is 30.9 Å². The summed E-state index contributed by atoms with van der Waals surface area (Å²) in [7, 11) is 0. The smallest absolute Gasteiger partial charge is 0.266 e. The van der Waals surface area contributed by atoms with Crippen LogP contribution in [0.5, 0.6) is 0 Å². The SMILES string of the molecule is CC(C)c1ccccc1-n1c(SCc2ccccc2)nc2ccccc2c1=O. The fourth-order valence-corrected chi connectivity index (χ4v) is 4.28. The fraction of sp³-hybridized carbons (Fsp3) is 0.167. The maximum atomic E-state index is 13.4. The lowest BCUT2D eigenvalue weighted by Gasteiger charge is -2.18. The second-order valence-corrected chi connectivity index (χ2v) is 7.98. The van der Waals surface area contributed by atoms with Crippen molar-refractivity contribution in [3.8, 4) is 5.69 Å². The molecule has 0 spiro atoms. The van der Waals surface area contributed by atoms with Gasteiger partial charge in [-0.3, -0.25) is 9.36 Å². The van der Waals surface area contributed by atoms with Gasteiger partial charge in [-0.05, 0) is 35.2 Å². The predicted octanol–water partition coefficient (Wildman–Crippen LogP) is 5.80. The van der Waals surface area contributed by atoms with Gasteiger partial charge < -0.3 is 0 Å². The van der Waals surface area contributed by atoms with Crippen molar-refractivity contribution in [3.63, 3.8) is 0 Å². The van der Waals surface area contributed by atoms with Gasteiger partial charge in [0.25, 0.3) is 5.56 Å². The second kappa shape index (κ2) is 8.03. The molecular weight excluding hydrogens is 364 g/mol. The van der Waals surface area contributed by atoms with Crippen molar-refractivity contribution in [2.24, 2.45) is 0 Å². The maximum absolute atomic E-state index is 13.4. The normalized spacial score (nSPS) is 11.2. The van der Waals surface area contributed by atoms with Crippen molar-refractivity contribution in [2.75, 3.05) is 0 Å². The molecule has 0 saturated heterocycles. The van der Waals surface area contributed by atoms with Crippen molar-refractivity contribution in [3.05, 3.63) is 100 Å². The first-order chi connectivity index (χ1) is 13.6. The highest BCUT2D eigenvalue weighted by Gasteiger charge is 2.17. The number of fused-ring (bicyclic) bond motifs is 1. The monoisotopic (exact) mass is 386 g/mol. The molecule has 3 aromatic carbocycles. The van der Waals surface area contributed by atoms with Gasteiger partial charge in [-0.25, -0.2) is 4.98 Å². The number of rotatable bonds is 5. The molecule has 0 radical (unpaired) electrons. The van der Waals surface area contributed by atoms with Gasteiger partial charge in [-0.2, -0.15) is 0 Å². The summed E-state index contributed by atoms with van der Waals surface area (Å²) in [6.45, 7) is 4.30. The van der Waals surface area contributed by atoms with Crippen LogP contribution in [0.25, 0.3) is 16.6 Å². The Morgan fingerprint density at radius 1 is 0.893 bits per heavy atom. The number of hydrogen-bond acceptors (Lipinski definition) is 3. The van der Waals surface area contributed by atoms with E-state index in [-0.39, 0.29) is 5.56 Å². The molecule has 1 heterocycles. The summed E-state index contributed by atoms with van der Waals surface area (Å²) < 4.78 is 1.78. The maximum Gasteiger partial charge on any atom is 0.266 e. The lowest BCUT2D eigenvalue weighted by Crippen LogP contribution is -2.23. The van der Waals surface area contributed by atoms with Crippen LogP contribution < -0.4 is 5.56 Å². The molecule has 4 rings (SSSR count). The molecule has 3 nitrogen and oxygen atoms in total. The van der Waals surface area contributed by atoms with Gasteiger partial charge in [0.2, 0.25) is 0 Å². The molecule has 0 aliphatic carbocycles. The third kappa shape index (κ3) is 3.60.